The summed E-state index contributed by atoms with van der Waals surface area (Å²) < 4.78 is 0. The second-order valence-corrected chi connectivity index (χ2v) is 11.1. The topological polar surface area (TPSA) is 6.48 Å². The number of anilines is 1. The van der Waals surface area contributed by atoms with Crippen LogP contribution in [0.1, 0.15) is 90.0 Å². The van der Waals surface area contributed by atoms with Crippen LogP contribution < -0.4 is 4.90 Å². The highest BCUT2D eigenvalue weighted by Crippen LogP contribution is 2.31. The van der Waals surface area contributed by atoms with E-state index in [1.54, 1.807) is 0 Å². The average Bonchev–Trinajstić information content (AvgIpc) is 3.29. The Morgan fingerprint density at radius 2 is 1.39 bits per heavy atom. The molecule has 2 heteroatoms. The van der Waals surface area contributed by atoms with Crippen LogP contribution in [0.2, 0.25) is 0 Å². The van der Waals surface area contributed by atoms with E-state index in [0.29, 0.717) is 5.92 Å². The highest BCUT2D eigenvalue weighted by molar-refractivity contribution is 5.63. The number of hydrogen-bond donors (Lipinski definition) is 0. The lowest BCUT2D eigenvalue weighted by Gasteiger charge is -2.25. The summed E-state index contributed by atoms with van der Waals surface area (Å²) in [6, 6.07) is 15.1. The number of allylic oxidation sites excluding steroid dienone is 5. The molecule has 1 saturated heterocycles. The summed E-state index contributed by atoms with van der Waals surface area (Å²) in [4.78, 5) is 4.65. The lowest BCUT2D eigenvalue weighted by molar-refractivity contribution is 0.352. The molecule has 1 unspecified atom stereocenters. The summed E-state index contributed by atoms with van der Waals surface area (Å²) in [6.07, 6.45) is 11.7. The molecule has 1 atom stereocenters. The minimum atomic E-state index is 0.717. The first-order valence-corrected chi connectivity index (χ1v) is 15.3. The van der Waals surface area contributed by atoms with E-state index in [0.717, 1.165) is 37.3 Å². The van der Waals surface area contributed by atoms with Gasteiger partial charge in [-0.15, -0.1) is 0 Å². The summed E-state index contributed by atoms with van der Waals surface area (Å²) in [5, 5.41) is 0. The zero-order valence-corrected chi connectivity index (χ0v) is 28.2. The molecule has 1 aliphatic heterocycles. The highest BCUT2D eigenvalue weighted by atomic mass is 15.2. The molecule has 1 aliphatic rings. The fraction of sp³-hybridized carbons (Fsp3) is 0.436. The normalized spacial score (nSPS) is 14.0. The third kappa shape index (κ3) is 15.4. The second-order valence-electron chi connectivity index (χ2n) is 11.1. The minimum absolute atomic E-state index is 0.717. The molecule has 0 spiro atoms. The van der Waals surface area contributed by atoms with Crippen molar-refractivity contribution in [3.8, 4) is 0 Å². The molecule has 1 heterocycles. The van der Waals surface area contributed by atoms with Gasteiger partial charge in [0.15, 0.2) is 0 Å². The third-order valence-corrected chi connectivity index (χ3v) is 6.79. The Hall–Kier alpha value is -3.26. The van der Waals surface area contributed by atoms with Gasteiger partial charge in [-0.25, -0.2) is 0 Å². The molecule has 0 amide bonds. The highest BCUT2D eigenvalue weighted by Gasteiger charge is 2.22. The first-order valence-electron chi connectivity index (χ1n) is 15.3. The maximum Gasteiger partial charge on any atom is 0.0414 e. The van der Waals surface area contributed by atoms with Crippen LogP contribution in [0.25, 0.3) is 6.08 Å². The molecule has 0 radical (unpaired) electrons. The van der Waals surface area contributed by atoms with Crippen molar-refractivity contribution in [2.24, 2.45) is 5.92 Å². The van der Waals surface area contributed by atoms with Gasteiger partial charge >= 0.3 is 0 Å². The van der Waals surface area contributed by atoms with Crippen molar-refractivity contribution >= 4 is 11.8 Å². The van der Waals surface area contributed by atoms with Gasteiger partial charge in [-0.3, -0.25) is 0 Å². The van der Waals surface area contributed by atoms with E-state index in [1.807, 2.05) is 32.9 Å². The number of aryl methyl sites for hydroxylation is 3. The molecule has 41 heavy (non-hydrogen) atoms. The quantitative estimate of drug-likeness (QED) is 0.236. The van der Waals surface area contributed by atoms with Gasteiger partial charge < -0.3 is 9.80 Å². The Morgan fingerprint density at radius 1 is 0.878 bits per heavy atom. The van der Waals surface area contributed by atoms with E-state index in [1.165, 1.54) is 46.5 Å². The molecule has 0 aromatic heterocycles. The lowest BCUT2D eigenvalue weighted by atomic mass is 10.1. The maximum absolute atomic E-state index is 4.17. The zero-order chi connectivity index (χ0) is 31.4. The first-order chi connectivity index (χ1) is 19.4. The predicted molar refractivity (Wildman–Crippen MR) is 189 cm³/mol. The Bertz CT molecular complexity index is 1070. The fourth-order valence-electron chi connectivity index (χ4n) is 4.29. The van der Waals surface area contributed by atoms with Gasteiger partial charge in [0.2, 0.25) is 0 Å². The van der Waals surface area contributed by atoms with Gasteiger partial charge in [0.05, 0.1) is 0 Å². The van der Waals surface area contributed by atoms with Gasteiger partial charge in [0.25, 0.3) is 0 Å². The van der Waals surface area contributed by atoms with Crippen molar-refractivity contribution in [1.29, 1.82) is 0 Å². The minimum Gasteiger partial charge on any atom is -0.372 e. The Kier molecular flexibility index (Phi) is 19.8. The molecule has 0 saturated carbocycles. The molecular formula is C39H60N2. The first kappa shape index (κ1) is 37.7. The molecular weight excluding hydrogens is 496 g/mol. The zero-order valence-electron chi connectivity index (χ0n) is 28.2. The number of rotatable bonds is 8. The summed E-state index contributed by atoms with van der Waals surface area (Å²) in [7, 11) is 0. The van der Waals surface area contributed by atoms with Crippen LogP contribution >= 0.6 is 0 Å². The molecule has 3 rings (SSSR count). The van der Waals surface area contributed by atoms with E-state index in [-0.39, 0.29) is 0 Å². The third-order valence-electron chi connectivity index (χ3n) is 6.79. The van der Waals surface area contributed by atoms with E-state index in [4.69, 9.17) is 0 Å². The second kappa shape index (κ2) is 21.5. The largest absolute Gasteiger partial charge is 0.372 e. The monoisotopic (exact) mass is 556 g/mol. The van der Waals surface area contributed by atoms with E-state index >= 15 is 0 Å². The van der Waals surface area contributed by atoms with Gasteiger partial charge in [0.1, 0.15) is 0 Å². The number of benzene rings is 2. The van der Waals surface area contributed by atoms with Crippen molar-refractivity contribution in [3.05, 3.63) is 120 Å². The van der Waals surface area contributed by atoms with Crippen LogP contribution in [0, 0.1) is 26.7 Å². The Labute approximate surface area is 254 Å². The van der Waals surface area contributed by atoms with Crippen LogP contribution in [-0.4, -0.2) is 24.5 Å². The summed E-state index contributed by atoms with van der Waals surface area (Å²) in [5.41, 5.74) is 9.98. The molecule has 1 fully saturated rings. The molecule has 226 valence electrons. The summed E-state index contributed by atoms with van der Waals surface area (Å²) >= 11 is 0. The Morgan fingerprint density at radius 3 is 1.76 bits per heavy atom. The summed E-state index contributed by atoms with van der Waals surface area (Å²) in [5.74, 6) is 0.717. The van der Waals surface area contributed by atoms with Gasteiger partial charge in [-0.1, -0.05) is 106 Å². The van der Waals surface area contributed by atoms with Crippen LogP contribution in [0.3, 0.4) is 0 Å². The van der Waals surface area contributed by atoms with Gasteiger partial charge in [-0.05, 0) is 102 Å². The molecule has 0 aliphatic carbocycles. The van der Waals surface area contributed by atoms with E-state index < -0.39 is 0 Å². The number of hydrogen-bond acceptors (Lipinski definition) is 2. The number of nitrogens with zero attached hydrogens (tertiary/aromatic N) is 2. The van der Waals surface area contributed by atoms with Crippen LogP contribution in [0.15, 0.2) is 97.4 Å². The van der Waals surface area contributed by atoms with Crippen molar-refractivity contribution in [2.75, 3.05) is 24.5 Å². The van der Waals surface area contributed by atoms with Crippen LogP contribution in [0.5, 0.6) is 0 Å². The van der Waals surface area contributed by atoms with Crippen molar-refractivity contribution < 1.29 is 0 Å². The lowest BCUT2D eigenvalue weighted by Crippen LogP contribution is -2.24. The molecule has 2 nitrogen and oxygen atoms in total. The maximum atomic E-state index is 4.17. The molecule has 2 aromatic carbocycles. The van der Waals surface area contributed by atoms with Crippen LogP contribution in [-0.2, 0) is 0 Å². The smallest absolute Gasteiger partial charge is 0.0414 e. The average molecular weight is 557 g/mol. The van der Waals surface area contributed by atoms with E-state index in [2.05, 4.69) is 133 Å². The van der Waals surface area contributed by atoms with Gasteiger partial charge in [0, 0.05) is 36.7 Å². The molecule has 0 N–H and O–H groups in total. The van der Waals surface area contributed by atoms with Crippen molar-refractivity contribution in [3.63, 3.8) is 0 Å². The molecule has 2 aromatic rings. The van der Waals surface area contributed by atoms with Gasteiger partial charge in [-0.2, -0.15) is 0 Å². The van der Waals surface area contributed by atoms with Crippen molar-refractivity contribution in [2.45, 2.75) is 88.5 Å². The Balaban J connectivity index is 0.000000581. The summed E-state index contributed by atoms with van der Waals surface area (Å²) in [6.45, 7) is 36.5. The van der Waals surface area contributed by atoms with E-state index in [9.17, 15) is 0 Å². The predicted octanol–water partition coefficient (Wildman–Crippen LogP) is 11.5. The SMILES string of the molecule is C/C=C\C.C=C(C)C(=C)N(CCC)CCC.C=C1CC(C)CN1c1ccc(C)c(/C=C\C)c1.Cc1ccc(C)cc1. The van der Waals surface area contributed by atoms with Crippen molar-refractivity contribution in [1.82, 2.24) is 4.90 Å². The molecule has 0 bridgehead atoms. The van der Waals surface area contributed by atoms with Crippen LogP contribution in [0.4, 0.5) is 5.69 Å². The fourth-order valence-corrected chi connectivity index (χ4v) is 4.29. The standard InChI is InChI=1S/C16H21N.C11H21N.C8H10.C4H8/c1-5-6-15-10-16(8-7-13(15)3)17-11-12(2)9-14(17)4;1-6-8-12(9-7-2)11(5)10(3)4;1-7-3-5-8(2)6-4-7;1-3-4-2/h5-8,10,12H,4,9,11H2,1-3H3;3,5-9H2,1-2,4H3;3-6H,1-2H3;3-4H,1-2H3/b6-5-;;;4-3-.